The molecule has 0 bridgehead atoms. The zero-order valence-corrected chi connectivity index (χ0v) is 18.9. The summed E-state index contributed by atoms with van der Waals surface area (Å²) in [6.45, 7) is 4.76. The molecule has 0 heterocycles. The van der Waals surface area contributed by atoms with Crippen molar-refractivity contribution < 1.29 is 14.4 Å². The van der Waals surface area contributed by atoms with E-state index >= 15 is 0 Å². The molecule has 0 saturated heterocycles. The number of carbonyl (C=O) groups excluding carboxylic acids is 3. The lowest BCUT2D eigenvalue weighted by Crippen LogP contribution is -2.37. The summed E-state index contributed by atoms with van der Waals surface area (Å²) in [4.78, 5) is 37.4. The van der Waals surface area contributed by atoms with Gasteiger partial charge in [0.15, 0.2) is 0 Å². The van der Waals surface area contributed by atoms with Crippen molar-refractivity contribution in [3.8, 4) is 0 Å². The zero-order valence-electron chi connectivity index (χ0n) is 18.9. The predicted molar refractivity (Wildman–Crippen MR) is 130 cm³/mol. The standard InChI is InChI=1S/C27H29N3O3/c1-3-20-13-15-21(16-14-20)18-29-25(31)23-11-7-8-12-24(23)30-27(33)26(32)28-17-19(2)22-9-5-4-6-10-22/h4-16,19H,3,17-18H2,1-2H3,(H,28,32)(H,29,31)(H,30,33)/t19-/m0/s1. The number of amides is 3. The van der Waals surface area contributed by atoms with E-state index in [4.69, 9.17) is 0 Å². The van der Waals surface area contributed by atoms with E-state index in [2.05, 4.69) is 22.9 Å². The van der Waals surface area contributed by atoms with Gasteiger partial charge in [0.05, 0.1) is 11.3 Å². The molecule has 0 spiro atoms. The average molecular weight is 444 g/mol. The molecule has 0 aromatic heterocycles. The van der Waals surface area contributed by atoms with Gasteiger partial charge in [-0.15, -0.1) is 0 Å². The van der Waals surface area contributed by atoms with Gasteiger partial charge in [-0.1, -0.05) is 80.6 Å². The molecule has 1 atom stereocenters. The van der Waals surface area contributed by atoms with Gasteiger partial charge >= 0.3 is 11.8 Å². The van der Waals surface area contributed by atoms with Crippen LogP contribution in [0.25, 0.3) is 0 Å². The molecule has 0 saturated carbocycles. The molecule has 170 valence electrons. The maximum absolute atomic E-state index is 12.7. The van der Waals surface area contributed by atoms with Crippen molar-refractivity contribution in [1.29, 1.82) is 0 Å². The predicted octanol–water partition coefficient (Wildman–Crippen LogP) is 4.04. The van der Waals surface area contributed by atoms with Crippen LogP contribution in [0.1, 0.15) is 46.8 Å². The average Bonchev–Trinajstić information content (AvgIpc) is 2.86. The molecule has 0 aliphatic rings. The first-order valence-electron chi connectivity index (χ1n) is 11.1. The first kappa shape index (κ1) is 23.7. The van der Waals surface area contributed by atoms with Crippen LogP contribution in [0, 0.1) is 0 Å². The van der Waals surface area contributed by atoms with Crippen LogP contribution < -0.4 is 16.0 Å². The topological polar surface area (TPSA) is 87.3 Å². The van der Waals surface area contributed by atoms with Crippen molar-refractivity contribution in [2.45, 2.75) is 32.7 Å². The third-order valence-corrected chi connectivity index (χ3v) is 5.45. The van der Waals surface area contributed by atoms with Crippen LogP contribution in [0.3, 0.4) is 0 Å². The Morgan fingerprint density at radius 1 is 0.758 bits per heavy atom. The largest absolute Gasteiger partial charge is 0.348 e. The highest BCUT2D eigenvalue weighted by molar-refractivity contribution is 6.40. The maximum atomic E-state index is 12.7. The van der Waals surface area contributed by atoms with E-state index in [-0.39, 0.29) is 17.5 Å². The number of rotatable bonds is 8. The molecule has 33 heavy (non-hydrogen) atoms. The van der Waals surface area contributed by atoms with Crippen molar-refractivity contribution in [2.24, 2.45) is 0 Å². The van der Waals surface area contributed by atoms with Crippen molar-refractivity contribution in [1.82, 2.24) is 10.6 Å². The van der Waals surface area contributed by atoms with Crippen LogP contribution in [-0.2, 0) is 22.6 Å². The quantitative estimate of drug-likeness (QED) is 0.459. The molecule has 0 aliphatic heterocycles. The highest BCUT2D eigenvalue weighted by Crippen LogP contribution is 2.16. The molecule has 0 aliphatic carbocycles. The Hall–Kier alpha value is -3.93. The van der Waals surface area contributed by atoms with E-state index in [1.54, 1.807) is 24.3 Å². The summed E-state index contributed by atoms with van der Waals surface area (Å²) in [5, 5.41) is 8.07. The van der Waals surface area contributed by atoms with Crippen LogP contribution in [0.2, 0.25) is 0 Å². The smallest absolute Gasteiger partial charge is 0.313 e. The Bertz CT molecular complexity index is 1100. The second kappa shape index (κ2) is 11.6. The van der Waals surface area contributed by atoms with Crippen molar-refractivity contribution in [3.05, 3.63) is 101 Å². The number of para-hydroxylation sites is 1. The third-order valence-electron chi connectivity index (χ3n) is 5.45. The summed E-state index contributed by atoms with van der Waals surface area (Å²) in [5.74, 6) is -1.83. The lowest BCUT2D eigenvalue weighted by Gasteiger charge is -2.14. The number of hydrogen-bond acceptors (Lipinski definition) is 3. The molecule has 3 N–H and O–H groups in total. The van der Waals surface area contributed by atoms with Crippen LogP contribution in [0.4, 0.5) is 5.69 Å². The molecule has 6 heteroatoms. The van der Waals surface area contributed by atoms with Gasteiger partial charge in [0, 0.05) is 13.1 Å². The Balaban J connectivity index is 1.56. The van der Waals surface area contributed by atoms with E-state index < -0.39 is 11.8 Å². The Labute approximate surface area is 194 Å². The van der Waals surface area contributed by atoms with E-state index in [1.807, 2.05) is 61.5 Å². The molecule has 3 aromatic carbocycles. The van der Waals surface area contributed by atoms with Crippen LogP contribution in [-0.4, -0.2) is 24.3 Å². The van der Waals surface area contributed by atoms with E-state index in [0.29, 0.717) is 18.7 Å². The monoisotopic (exact) mass is 443 g/mol. The van der Waals surface area contributed by atoms with Gasteiger partial charge in [-0.05, 0) is 41.2 Å². The number of hydrogen-bond donors (Lipinski definition) is 3. The molecule has 3 aromatic rings. The Morgan fingerprint density at radius 2 is 1.39 bits per heavy atom. The minimum Gasteiger partial charge on any atom is -0.348 e. The van der Waals surface area contributed by atoms with Gasteiger partial charge < -0.3 is 16.0 Å². The summed E-state index contributed by atoms with van der Waals surface area (Å²) in [5.41, 5.74) is 3.86. The first-order chi connectivity index (χ1) is 16.0. The number of carbonyl (C=O) groups is 3. The summed E-state index contributed by atoms with van der Waals surface area (Å²) >= 11 is 0. The van der Waals surface area contributed by atoms with Gasteiger partial charge in [-0.2, -0.15) is 0 Å². The van der Waals surface area contributed by atoms with Crippen LogP contribution >= 0.6 is 0 Å². The minimum absolute atomic E-state index is 0.0624. The van der Waals surface area contributed by atoms with Crippen LogP contribution in [0.5, 0.6) is 0 Å². The molecule has 0 fully saturated rings. The molecule has 6 nitrogen and oxygen atoms in total. The zero-order chi connectivity index (χ0) is 23.6. The number of aryl methyl sites for hydroxylation is 1. The van der Waals surface area contributed by atoms with Gasteiger partial charge in [-0.3, -0.25) is 14.4 Å². The highest BCUT2D eigenvalue weighted by atomic mass is 16.2. The third kappa shape index (κ3) is 6.77. The van der Waals surface area contributed by atoms with Gasteiger partial charge in [0.2, 0.25) is 0 Å². The summed E-state index contributed by atoms with van der Waals surface area (Å²) in [7, 11) is 0. The summed E-state index contributed by atoms with van der Waals surface area (Å²) in [6.07, 6.45) is 0.957. The van der Waals surface area contributed by atoms with E-state index in [9.17, 15) is 14.4 Å². The molecular formula is C27H29N3O3. The summed E-state index contributed by atoms with van der Waals surface area (Å²) < 4.78 is 0. The second-order valence-electron chi connectivity index (χ2n) is 7.87. The van der Waals surface area contributed by atoms with Gasteiger partial charge in [0.1, 0.15) is 0 Å². The fourth-order valence-electron chi connectivity index (χ4n) is 3.37. The molecule has 0 unspecified atom stereocenters. The van der Waals surface area contributed by atoms with Crippen molar-refractivity contribution in [3.63, 3.8) is 0 Å². The van der Waals surface area contributed by atoms with Crippen LogP contribution in [0.15, 0.2) is 78.9 Å². The first-order valence-corrected chi connectivity index (χ1v) is 11.1. The lowest BCUT2D eigenvalue weighted by atomic mass is 10.0. The number of anilines is 1. The molecule has 0 radical (unpaired) electrons. The van der Waals surface area contributed by atoms with Crippen molar-refractivity contribution >= 4 is 23.4 Å². The Morgan fingerprint density at radius 3 is 2.09 bits per heavy atom. The highest BCUT2D eigenvalue weighted by Gasteiger charge is 2.18. The van der Waals surface area contributed by atoms with Gasteiger partial charge in [0.25, 0.3) is 5.91 Å². The summed E-state index contributed by atoms with van der Waals surface area (Å²) in [6, 6.07) is 24.4. The molecule has 3 rings (SSSR count). The molecule has 3 amide bonds. The van der Waals surface area contributed by atoms with E-state index in [1.165, 1.54) is 5.56 Å². The molecular weight excluding hydrogens is 414 g/mol. The Kier molecular flexibility index (Phi) is 8.36. The minimum atomic E-state index is -0.814. The number of nitrogens with one attached hydrogen (secondary N) is 3. The van der Waals surface area contributed by atoms with Crippen molar-refractivity contribution in [2.75, 3.05) is 11.9 Å². The van der Waals surface area contributed by atoms with Gasteiger partial charge in [-0.25, -0.2) is 0 Å². The SMILES string of the molecule is CCc1ccc(CNC(=O)c2ccccc2NC(=O)C(=O)NC[C@H](C)c2ccccc2)cc1. The fourth-order valence-corrected chi connectivity index (χ4v) is 3.37. The number of benzene rings is 3. The van der Waals surface area contributed by atoms with E-state index in [0.717, 1.165) is 17.5 Å². The second-order valence-corrected chi connectivity index (χ2v) is 7.87. The lowest BCUT2D eigenvalue weighted by molar-refractivity contribution is -0.136. The fraction of sp³-hybridized carbons (Fsp3) is 0.222. The maximum Gasteiger partial charge on any atom is 0.313 e. The normalized spacial score (nSPS) is 11.3.